The number of benzene rings is 2. The number of nitrogens with zero attached hydrogens (tertiary/aromatic N) is 4. The summed E-state index contributed by atoms with van der Waals surface area (Å²) in [4.78, 5) is 16.8. The molecule has 160 valence electrons. The topological polar surface area (TPSA) is 71.7 Å². The van der Waals surface area contributed by atoms with Crippen molar-refractivity contribution in [1.82, 2.24) is 20.1 Å². The van der Waals surface area contributed by atoms with Crippen LogP contribution in [0.15, 0.2) is 35.0 Å². The van der Waals surface area contributed by atoms with Gasteiger partial charge in [-0.05, 0) is 70.9 Å². The van der Waals surface area contributed by atoms with E-state index in [2.05, 4.69) is 44.4 Å². The van der Waals surface area contributed by atoms with Crippen molar-refractivity contribution in [2.75, 3.05) is 32.7 Å². The zero-order valence-corrected chi connectivity index (χ0v) is 17.5. The summed E-state index contributed by atoms with van der Waals surface area (Å²) < 4.78 is 10.00. The molecule has 1 aromatic heterocycles. The summed E-state index contributed by atoms with van der Waals surface area (Å²) >= 11 is 0. The molecule has 0 N–H and O–H groups in total. The molecule has 1 unspecified atom stereocenters. The second-order valence-electron chi connectivity index (χ2n) is 8.97. The van der Waals surface area contributed by atoms with Crippen LogP contribution < -0.4 is 0 Å². The molecule has 1 fully saturated rings. The second kappa shape index (κ2) is 7.73. The third kappa shape index (κ3) is 3.62. The molecule has 0 saturated carbocycles. The summed E-state index contributed by atoms with van der Waals surface area (Å²) in [6.45, 7) is 5.96. The van der Waals surface area contributed by atoms with Crippen molar-refractivity contribution >= 4 is 17.0 Å². The molecule has 2 aliphatic heterocycles. The first kappa shape index (κ1) is 19.0. The second-order valence-corrected chi connectivity index (χ2v) is 8.97. The van der Waals surface area contributed by atoms with Gasteiger partial charge in [0, 0.05) is 44.3 Å². The van der Waals surface area contributed by atoms with Gasteiger partial charge in [0.25, 0.3) is 0 Å². The number of rotatable bonds is 4. The van der Waals surface area contributed by atoms with Crippen LogP contribution in [-0.4, -0.2) is 64.8 Å². The fourth-order valence-corrected chi connectivity index (χ4v) is 5.31. The van der Waals surface area contributed by atoms with Gasteiger partial charge in [-0.25, -0.2) is 9.42 Å². The number of hydrogen-bond acceptors (Lipinski definition) is 7. The minimum atomic E-state index is -0.190. The Balaban J connectivity index is 1.03. The minimum absolute atomic E-state index is 0.190. The lowest BCUT2D eigenvalue weighted by Gasteiger charge is -2.41. The van der Waals surface area contributed by atoms with Crippen molar-refractivity contribution < 1.29 is 14.2 Å². The Labute approximate surface area is 180 Å². The first-order valence-corrected chi connectivity index (χ1v) is 11.2. The maximum atomic E-state index is 11.6. The lowest BCUT2D eigenvalue weighted by molar-refractivity contribution is 0.0535. The quantitative estimate of drug-likeness (QED) is 0.603. The Bertz CT molecular complexity index is 1130. The van der Waals surface area contributed by atoms with Gasteiger partial charge in [0.15, 0.2) is 0 Å². The van der Waals surface area contributed by atoms with E-state index in [0.717, 1.165) is 74.1 Å². The van der Waals surface area contributed by atoms with Crippen LogP contribution in [0.25, 0.3) is 11.0 Å². The van der Waals surface area contributed by atoms with Crippen molar-refractivity contribution in [2.45, 2.75) is 38.3 Å². The fraction of sp³-hybridized carbons (Fsp3) is 0.458. The van der Waals surface area contributed by atoms with Gasteiger partial charge in [-0.3, -0.25) is 4.90 Å². The summed E-state index contributed by atoms with van der Waals surface area (Å²) in [6.07, 6.45) is 4.42. The van der Waals surface area contributed by atoms with Gasteiger partial charge < -0.3 is 9.64 Å². The van der Waals surface area contributed by atoms with Gasteiger partial charge in [0.05, 0.1) is 5.56 Å². The van der Waals surface area contributed by atoms with E-state index in [1.165, 1.54) is 23.1 Å². The van der Waals surface area contributed by atoms with Crippen LogP contribution in [0.4, 0.5) is 0 Å². The Morgan fingerprint density at radius 1 is 0.968 bits per heavy atom. The van der Waals surface area contributed by atoms with Crippen molar-refractivity contribution in [1.29, 1.82) is 0 Å². The van der Waals surface area contributed by atoms with E-state index in [0.29, 0.717) is 12.6 Å². The number of esters is 1. The largest absolute Gasteiger partial charge is 0.457 e. The van der Waals surface area contributed by atoms with Crippen LogP contribution in [0, 0.1) is 0 Å². The zero-order valence-electron chi connectivity index (χ0n) is 17.5. The number of aromatic nitrogens is 2. The Kier molecular flexibility index (Phi) is 4.73. The molecule has 0 amide bonds. The highest BCUT2D eigenvalue weighted by molar-refractivity contribution is 5.93. The molecule has 1 aliphatic carbocycles. The number of carbonyl (C=O) groups is 1. The van der Waals surface area contributed by atoms with Gasteiger partial charge in [-0.2, -0.15) is 0 Å². The molecule has 3 aliphatic rings. The summed E-state index contributed by atoms with van der Waals surface area (Å²) in [7, 11) is 0. The number of aryl methyl sites for hydroxylation is 1. The van der Waals surface area contributed by atoms with Crippen LogP contribution in [0.1, 0.15) is 39.0 Å². The van der Waals surface area contributed by atoms with Gasteiger partial charge in [-0.15, -0.1) is 0 Å². The highest BCUT2D eigenvalue weighted by atomic mass is 16.6. The summed E-state index contributed by atoms with van der Waals surface area (Å²) in [5.74, 6) is -0.190. The van der Waals surface area contributed by atoms with Crippen molar-refractivity contribution in [3.63, 3.8) is 0 Å². The molecular formula is C24H26N4O3. The Morgan fingerprint density at radius 2 is 1.77 bits per heavy atom. The smallest absolute Gasteiger partial charge is 0.338 e. The number of hydrogen-bond donors (Lipinski definition) is 0. The number of fused-ring (bicyclic) bond motifs is 3. The number of piperazine rings is 1. The van der Waals surface area contributed by atoms with Crippen LogP contribution in [0.2, 0.25) is 0 Å². The predicted molar refractivity (Wildman–Crippen MR) is 115 cm³/mol. The zero-order chi connectivity index (χ0) is 20.8. The number of cyclic esters (lactones) is 1. The average molecular weight is 418 g/mol. The first-order valence-electron chi connectivity index (χ1n) is 11.2. The lowest BCUT2D eigenvalue weighted by Crippen LogP contribution is -2.52. The van der Waals surface area contributed by atoms with Gasteiger partial charge in [0.2, 0.25) is 0 Å². The van der Waals surface area contributed by atoms with Crippen LogP contribution in [0.3, 0.4) is 0 Å². The highest BCUT2D eigenvalue weighted by Crippen LogP contribution is 2.28. The van der Waals surface area contributed by atoms with Gasteiger partial charge in [-0.1, -0.05) is 12.1 Å². The average Bonchev–Trinajstić information content (AvgIpc) is 3.42. The predicted octanol–water partition coefficient (Wildman–Crippen LogP) is 2.61. The number of ether oxygens (including phenoxy) is 1. The third-order valence-electron chi connectivity index (χ3n) is 7.17. The van der Waals surface area contributed by atoms with E-state index in [1.807, 2.05) is 6.07 Å². The standard InChI is InChI=1S/C24H26N4O3/c29-24-21-4-1-16(11-19(21)15-30-24)5-6-27-7-9-28(10-8-27)20-3-2-17-13-22-23(26-31-25-22)14-18(17)12-20/h1,4,11,13-14,20H,2-3,5-10,12,15H2. The molecular weight excluding hydrogens is 392 g/mol. The van der Waals surface area contributed by atoms with E-state index in [9.17, 15) is 4.79 Å². The molecule has 6 rings (SSSR count). The Hall–Kier alpha value is -2.77. The molecule has 1 atom stereocenters. The molecule has 7 nitrogen and oxygen atoms in total. The fourth-order valence-electron chi connectivity index (χ4n) is 5.31. The van der Waals surface area contributed by atoms with Crippen LogP contribution >= 0.6 is 0 Å². The van der Waals surface area contributed by atoms with Gasteiger partial charge in [0.1, 0.15) is 17.6 Å². The first-order chi connectivity index (χ1) is 15.2. The SMILES string of the molecule is O=C1OCc2cc(CCN3CCN(C4CCc5cc6nonc6cc5C4)CC3)ccc21. The highest BCUT2D eigenvalue weighted by Gasteiger charge is 2.28. The molecule has 2 aromatic carbocycles. The molecule has 7 heteroatoms. The molecule has 3 heterocycles. The van der Waals surface area contributed by atoms with E-state index < -0.39 is 0 Å². The molecule has 0 spiro atoms. The van der Waals surface area contributed by atoms with E-state index in [1.54, 1.807) is 0 Å². The van der Waals surface area contributed by atoms with E-state index in [4.69, 9.17) is 9.37 Å². The molecule has 0 bridgehead atoms. The summed E-state index contributed by atoms with van der Waals surface area (Å²) in [6, 6.07) is 11.1. The maximum absolute atomic E-state index is 11.6. The normalized spacial score (nSPS) is 21.8. The van der Waals surface area contributed by atoms with Crippen LogP contribution in [0.5, 0.6) is 0 Å². The van der Waals surface area contributed by atoms with Crippen LogP contribution in [-0.2, 0) is 30.6 Å². The number of carbonyl (C=O) groups excluding carboxylic acids is 1. The molecule has 1 saturated heterocycles. The van der Waals surface area contributed by atoms with Crippen molar-refractivity contribution in [2.24, 2.45) is 0 Å². The van der Waals surface area contributed by atoms with E-state index in [-0.39, 0.29) is 5.97 Å². The van der Waals surface area contributed by atoms with Crippen molar-refractivity contribution in [3.05, 3.63) is 58.1 Å². The summed E-state index contributed by atoms with van der Waals surface area (Å²) in [5.41, 5.74) is 7.59. The monoisotopic (exact) mass is 418 g/mol. The Morgan fingerprint density at radius 3 is 2.61 bits per heavy atom. The molecule has 31 heavy (non-hydrogen) atoms. The minimum Gasteiger partial charge on any atom is -0.457 e. The third-order valence-corrected chi connectivity index (χ3v) is 7.17. The molecule has 3 aromatic rings. The lowest BCUT2D eigenvalue weighted by atomic mass is 9.87. The van der Waals surface area contributed by atoms with E-state index >= 15 is 0 Å². The van der Waals surface area contributed by atoms with Crippen molar-refractivity contribution in [3.8, 4) is 0 Å². The summed E-state index contributed by atoms with van der Waals surface area (Å²) in [5, 5.41) is 7.99. The molecule has 0 radical (unpaired) electrons. The maximum Gasteiger partial charge on any atom is 0.338 e. The van der Waals surface area contributed by atoms with Gasteiger partial charge >= 0.3 is 5.97 Å².